The lowest BCUT2D eigenvalue weighted by Crippen LogP contribution is -2.27. The SMILES string of the molecule is Cc1ccc(-c2cc(C(=O)N[C@H](C)c3ccc(C(F)(F)F)nc3)cc(-c3oc(C)nc3C)c2)c(F)c1. The third kappa shape index (κ3) is 5.30. The van der Waals surface area contributed by atoms with Crippen molar-refractivity contribution in [3.05, 3.63) is 94.5 Å². The molecule has 2 aromatic carbocycles. The van der Waals surface area contributed by atoms with Crippen molar-refractivity contribution in [2.45, 2.75) is 39.9 Å². The van der Waals surface area contributed by atoms with Crippen molar-refractivity contribution in [1.82, 2.24) is 15.3 Å². The van der Waals surface area contributed by atoms with Gasteiger partial charge in [-0.1, -0.05) is 18.2 Å². The Bertz CT molecular complexity index is 1430. The first-order valence-electron chi connectivity index (χ1n) is 11.1. The zero-order chi connectivity index (χ0) is 26.2. The van der Waals surface area contributed by atoms with Gasteiger partial charge in [-0.15, -0.1) is 0 Å². The van der Waals surface area contributed by atoms with Crippen molar-refractivity contribution in [3.63, 3.8) is 0 Å². The van der Waals surface area contributed by atoms with E-state index in [9.17, 15) is 22.4 Å². The number of hydrogen-bond donors (Lipinski definition) is 1. The Morgan fingerprint density at radius 2 is 1.72 bits per heavy atom. The third-order valence-corrected chi connectivity index (χ3v) is 5.72. The molecule has 0 aliphatic rings. The summed E-state index contributed by atoms with van der Waals surface area (Å²) in [5, 5.41) is 2.77. The van der Waals surface area contributed by atoms with E-state index in [0.29, 0.717) is 39.6 Å². The monoisotopic (exact) mass is 497 g/mol. The molecule has 0 spiro atoms. The molecule has 0 saturated carbocycles. The number of halogens is 4. The van der Waals surface area contributed by atoms with Gasteiger partial charge in [0.2, 0.25) is 0 Å². The summed E-state index contributed by atoms with van der Waals surface area (Å²) < 4.78 is 59.0. The fraction of sp³-hybridized carbons (Fsp3) is 0.222. The largest absolute Gasteiger partial charge is 0.441 e. The van der Waals surface area contributed by atoms with Crippen LogP contribution < -0.4 is 5.32 Å². The van der Waals surface area contributed by atoms with Crippen molar-refractivity contribution in [1.29, 1.82) is 0 Å². The minimum absolute atomic E-state index is 0.225. The highest BCUT2D eigenvalue weighted by Gasteiger charge is 2.32. The fourth-order valence-electron chi connectivity index (χ4n) is 3.89. The Hall–Kier alpha value is -4.01. The summed E-state index contributed by atoms with van der Waals surface area (Å²) in [6, 6.07) is 11.2. The van der Waals surface area contributed by atoms with Gasteiger partial charge >= 0.3 is 6.18 Å². The number of amides is 1. The molecule has 4 rings (SSSR count). The molecule has 186 valence electrons. The van der Waals surface area contributed by atoms with E-state index in [1.54, 1.807) is 58.0 Å². The number of aromatic nitrogens is 2. The standard InChI is InChI=1S/C27H23F4N3O2/c1-14-5-7-22(23(28)9-14)19-10-20(25-16(3)33-17(4)36-25)12-21(11-19)26(35)34-15(2)18-6-8-24(32-13-18)27(29,30)31/h5-13,15H,1-4H3,(H,34,35)/t15-/m1/s1. The van der Waals surface area contributed by atoms with Crippen LogP contribution in [0.25, 0.3) is 22.5 Å². The number of hydrogen-bond acceptors (Lipinski definition) is 4. The second kappa shape index (κ2) is 9.56. The number of pyridine rings is 1. The molecule has 36 heavy (non-hydrogen) atoms. The van der Waals surface area contributed by atoms with Gasteiger partial charge in [-0.3, -0.25) is 9.78 Å². The molecule has 0 aliphatic heterocycles. The molecule has 0 unspecified atom stereocenters. The molecule has 5 nitrogen and oxygen atoms in total. The fourth-order valence-corrected chi connectivity index (χ4v) is 3.89. The predicted molar refractivity (Wildman–Crippen MR) is 127 cm³/mol. The van der Waals surface area contributed by atoms with Gasteiger partial charge in [0.05, 0.1) is 11.7 Å². The number of oxazole rings is 1. The van der Waals surface area contributed by atoms with Crippen molar-refractivity contribution in [3.8, 4) is 22.5 Å². The quantitative estimate of drug-likeness (QED) is 0.302. The summed E-state index contributed by atoms with van der Waals surface area (Å²) in [6.07, 6.45) is -3.47. The van der Waals surface area contributed by atoms with E-state index >= 15 is 0 Å². The molecule has 0 radical (unpaired) electrons. The second-order valence-corrected chi connectivity index (χ2v) is 8.60. The summed E-state index contributed by atoms with van der Waals surface area (Å²) in [5.74, 6) is -0.0279. The lowest BCUT2D eigenvalue weighted by molar-refractivity contribution is -0.141. The van der Waals surface area contributed by atoms with Crippen LogP contribution in [0.1, 0.15) is 51.7 Å². The summed E-state index contributed by atoms with van der Waals surface area (Å²) >= 11 is 0. The van der Waals surface area contributed by atoms with Gasteiger partial charge in [-0.2, -0.15) is 13.2 Å². The maximum atomic E-state index is 14.8. The molecule has 2 aromatic heterocycles. The number of benzene rings is 2. The summed E-state index contributed by atoms with van der Waals surface area (Å²) in [5.41, 5.74) is 2.30. The van der Waals surface area contributed by atoms with E-state index in [2.05, 4.69) is 15.3 Å². The molecule has 9 heteroatoms. The average molecular weight is 497 g/mol. The lowest BCUT2D eigenvalue weighted by atomic mass is 9.96. The van der Waals surface area contributed by atoms with E-state index in [1.807, 2.05) is 0 Å². The van der Waals surface area contributed by atoms with Crippen molar-refractivity contribution in [2.24, 2.45) is 0 Å². The molecule has 0 aliphatic carbocycles. The van der Waals surface area contributed by atoms with Gasteiger partial charge in [0.25, 0.3) is 5.91 Å². The highest BCUT2D eigenvalue weighted by molar-refractivity contribution is 5.97. The van der Waals surface area contributed by atoms with Crippen LogP contribution in [0.4, 0.5) is 17.6 Å². The average Bonchev–Trinajstić information content (AvgIpc) is 3.16. The van der Waals surface area contributed by atoms with Crippen LogP contribution in [0, 0.1) is 26.6 Å². The van der Waals surface area contributed by atoms with E-state index in [1.165, 1.54) is 12.1 Å². The van der Waals surface area contributed by atoms with Crippen LogP contribution in [0.5, 0.6) is 0 Å². The third-order valence-electron chi connectivity index (χ3n) is 5.72. The molecule has 0 fully saturated rings. The number of nitrogens with zero attached hydrogens (tertiary/aromatic N) is 2. The number of nitrogens with one attached hydrogen (secondary N) is 1. The second-order valence-electron chi connectivity index (χ2n) is 8.60. The lowest BCUT2D eigenvalue weighted by Gasteiger charge is -2.16. The molecule has 0 bridgehead atoms. The molecule has 0 saturated heterocycles. The van der Waals surface area contributed by atoms with Crippen LogP contribution in [0.15, 0.2) is 59.1 Å². The Morgan fingerprint density at radius 3 is 2.31 bits per heavy atom. The van der Waals surface area contributed by atoms with Gasteiger partial charge in [0.1, 0.15) is 11.5 Å². The Labute approximate surface area is 205 Å². The number of aryl methyl sites for hydroxylation is 3. The van der Waals surface area contributed by atoms with Crippen LogP contribution in [-0.2, 0) is 6.18 Å². The Balaban J connectivity index is 1.70. The molecule has 2 heterocycles. The molecule has 1 atom stereocenters. The van der Waals surface area contributed by atoms with E-state index in [0.717, 1.165) is 17.8 Å². The number of rotatable bonds is 5. The minimum atomic E-state index is -4.55. The zero-order valence-corrected chi connectivity index (χ0v) is 20.0. The maximum absolute atomic E-state index is 14.8. The summed E-state index contributed by atoms with van der Waals surface area (Å²) in [6.45, 7) is 6.88. The van der Waals surface area contributed by atoms with Crippen LogP contribution in [0.3, 0.4) is 0 Å². The van der Waals surface area contributed by atoms with E-state index in [4.69, 9.17) is 4.42 Å². The zero-order valence-electron chi connectivity index (χ0n) is 20.0. The number of alkyl halides is 3. The molecule has 1 N–H and O–H groups in total. The van der Waals surface area contributed by atoms with Gasteiger partial charge in [0.15, 0.2) is 11.7 Å². The first-order valence-corrected chi connectivity index (χ1v) is 11.1. The van der Waals surface area contributed by atoms with Gasteiger partial charge in [-0.05, 0) is 67.8 Å². The molecular formula is C27H23F4N3O2. The number of carbonyl (C=O) groups excluding carboxylic acids is 1. The van der Waals surface area contributed by atoms with E-state index < -0.39 is 29.6 Å². The van der Waals surface area contributed by atoms with Crippen LogP contribution >= 0.6 is 0 Å². The van der Waals surface area contributed by atoms with Gasteiger partial charge in [0, 0.05) is 29.8 Å². The maximum Gasteiger partial charge on any atom is 0.433 e. The van der Waals surface area contributed by atoms with E-state index in [-0.39, 0.29) is 5.56 Å². The highest BCUT2D eigenvalue weighted by atomic mass is 19.4. The number of carbonyl (C=O) groups is 1. The van der Waals surface area contributed by atoms with Crippen molar-refractivity contribution >= 4 is 5.91 Å². The Kier molecular flexibility index (Phi) is 6.67. The van der Waals surface area contributed by atoms with Crippen LogP contribution in [-0.4, -0.2) is 15.9 Å². The van der Waals surface area contributed by atoms with Gasteiger partial charge in [-0.25, -0.2) is 9.37 Å². The normalized spacial score (nSPS) is 12.4. The minimum Gasteiger partial charge on any atom is -0.441 e. The van der Waals surface area contributed by atoms with Crippen molar-refractivity contribution in [2.75, 3.05) is 0 Å². The summed E-state index contributed by atoms with van der Waals surface area (Å²) in [7, 11) is 0. The van der Waals surface area contributed by atoms with Gasteiger partial charge < -0.3 is 9.73 Å². The smallest absolute Gasteiger partial charge is 0.433 e. The van der Waals surface area contributed by atoms with Crippen molar-refractivity contribution < 1.29 is 26.8 Å². The highest BCUT2D eigenvalue weighted by Crippen LogP contribution is 2.33. The van der Waals surface area contributed by atoms with Crippen LogP contribution in [0.2, 0.25) is 0 Å². The predicted octanol–water partition coefficient (Wildman–Crippen LogP) is 6.98. The topological polar surface area (TPSA) is 68.0 Å². The molecular weight excluding hydrogens is 474 g/mol. The summed E-state index contributed by atoms with van der Waals surface area (Å²) in [4.78, 5) is 20.9. The first kappa shape index (κ1) is 25.1. The molecule has 4 aromatic rings. The first-order chi connectivity index (χ1) is 16.9. The molecule has 1 amide bonds. The Morgan fingerprint density at radius 1 is 1.00 bits per heavy atom.